The summed E-state index contributed by atoms with van der Waals surface area (Å²) >= 11 is 0. The molecule has 0 spiro atoms. The first-order valence-electron chi connectivity index (χ1n) is 3.85. The number of aliphatic hydroxyl groups excluding tert-OH is 1. The van der Waals surface area contributed by atoms with E-state index >= 15 is 0 Å². The number of rotatable bonds is 2. The summed E-state index contributed by atoms with van der Waals surface area (Å²) in [7, 11) is 0. The van der Waals surface area contributed by atoms with Crippen LogP contribution in [-0.4, -0.2) is 11.4 Å². The zero-order valence-electron chi connectivity index (χ0n) is 7.29. The number of carbonyl (C=O) groups is 1. The van der Waals surface area contributed by atoms with E-state index < -0.39 is 0 Å². The van der Waals surface area contributed by atoms with Crippen LogP contribution < -0.4 is 0 Å². The van der Waals surface area contributed by atoms with Gasteiger partial charge in [-0.15, -0.1) is 0 Å². The molecule has 2 heteroatoms. The largest absolute Gasteiger partial charge is 0.392 e. The van der Waals surface area contributed by atoms with E-state index in [-0.39, 0.29) is 6.61 Å². The van der Waals surface area contributed by atoms with Gasteiger partial charge in [-0.05, 0) is 36.6 Å². The molecule has 0 radical (unpaired) electrons. The van der Waals surface area contributed by atoms with Crippen LogP contribution in [0.1, 0.15) is 27.0 Å². The van der Waals surface area contributed by atoms with Gasteiger partial charge in [0.05, 0.1) is 6.61 Å². The molecule has 0 atom stereocenters. The molecule has 1 aromatic carbocycles. The van der Waals surface area contributed by atoms with Crippen molar-refractivity contribution in [2.75, 3.05) is 0 Å². The van der Waals surface area contributed by atoms with Crippen LogP contribution >= 0.6 is 0 Å². The minimum atomic E-state index is -0.0742. The van der Waals surface area contributed by atoms with Crippen molar-refractivity contribution in [3.05, 3.63) is 34.4 Å². The Kier molecular flexibility index (Phi) is 2.61. The van der Waals surface area contributed by atoms with Gasteiger partial charge >= 0.3 is 0 Å². The van der Waals surface area contributed by atoms with E-state index in [4.69, 9.17) is 5.11 Å². The third-order valence-corrected chi connectivity index (χ3v) is 2.05. The van der Waals surface area contributed by atoms with Gasteiger partial charge in [0.2, 0.25) is 0 Å². The fourth-order valence-corrected chi connectivity index (χ4v) is 1.14. The lowest BCUT2D eigenvalue weighted by Crippen LogP contribution is -1.95. The van der Waals surface area contributed by atoms with Crippen molar-refractivity contribution >= 4 is 6.29 Å². The Morgan fingerprint density at radius 2 is 1.92 bits per heavy atom. The summed E-state index contributed by atoms with van der Waals surface area (Å²) in [6.07, 6.45) is 0.776. The average Bonchev–Trinajstić information content (AvgIpc) is 2.09. The molecule has 0 amide bonds. The predicted molar refractivity (Wildman–Crippen MR) is 47.2 cm³/mol. The van der Waals surface area contributed by atoms with Crippen molar-refractivity contribution < 1.29 is 9.90 Å². The summed E-state index contributed by atoms with van der Waals surface area (Å²) < 4.78 is 0. The lowest BCUT2D eigenvalue weighted by Gasteiger charge is -2.05. The van der Waals surface area contributed by atoms with E-state index in [1.165, 1.54) is 0 Å². The lowest BCUT2D eigenvalue weighted by atomic mass is 10.0. The first-order valence-corrected chi connectivity index (χ1v) is 3.85. The molecule has 0 saturated carbocycles. The third-order valence-electron chi connectivity index (χ3n) is 2.05. The van der Waals surface area contributed by atoms with Crippen LogP contribution in [0.15, 0.2) is 12.1 Å². The molecule has 1 rings (SSSR count). The highest BCUT2D eigenvalue weighted by Gasteiger charge is 2.02. The van der Waals surface area contributed by atoms with Crippen LogP contribution in [0.5, 0.6) is 0 Å². The Bertz CT molecular complexity index is 303. The molecular formula is C10H12O2. The van der Waals surface area contributed by atoms with E-state index in [0.29, 0.717) is 11.1 Å². The molecule has 1 N–H and O–H groups in total. The van der Waals surface area contributed by atoms with Crippen molar-refractivity contribution in [1.29, 1.82) is 0 Å². The number of carbonyl (C=O) groups excluding carboxylic acids is 1. The number of benzene rings is 1. The molecule has 0 heterocycles. The zero-order valence-corrected chi connectivity index (χ0v) is 7.29. The maximum atomic E-state index is 10.5. The highest BCUT2D eigenvalue weighted by Crippen LogP contribution is 2.14. The van der Waals surface area contributed by atoms with Gasteiger partial charge in [-0.2, -0.15) is 0 Å². The fourth-order valence-electron chi connectivity index (χ4n) is 1.14. The number of hydrogen-bond donors (Lipinski definition) is 1. The van der Waals surface area contributed by atoms with Crippen molar-refractivity contribution in [2.45, 2.75) is 20.5 Å². The molecule has 0 unspecified atom stereocenters. The molecule has 0 aliphatic heterocycles. The monoisotopic (exact) mass is 164 g/mol. The summed E-state index contributed by atoms with van der Waals surface area (Å²) in [5, 5.41) is 8.91. The van der Waals surface area contributed by atoms with Gasteiger partial charge in [0.25, 0.3) is 0 Å². The van der Waals surface area contributed by atoms with Gasteiger partial charge in [0.15, 0.2) is 0 Å². The Morgan fingerprint density at radius 3 is 2.42 bits per heavy atom. The van der Waals surface area contributed by atoms with E-state index in [0.717, 1.165) is 17.4 Å². The van der Waals surface area contributed by atoms with Crippen LogP contribution in [0.25, 0.3) is 0 Å². The highest BCUT2D eigenvalue weighted by molar-refractivity contribution is 5.77. The van der Waals surface area contributed by atoms with Crippen LogP contribution in [0.2, 0.25) is 0 Å². The molecule has 0 bridgehead atoms. The minimum absolute atomic E-state index is 0.0742. The number of aliphatic hydroxyl groups is 1. The van der Waals surface area contributed by atoms with Gasteiger partial charge in [-0.3, -0.25) is 4.79 Å². The predicted octanol–water partition coefficient (Wildman–Crippen LogP) is 1.61. The van der Waals surface area contributed by atoms with Crippen molar-refractivity contribution in [2.24, 2.45) is 0 Å². The molecule has 0 aromatic heterocycles. The Morgan fingerprint density at radius 1 is 1.33 bits per heavy atom. The molecule has 1 aromatic rings. The Hall–Kier alpha value is -1.15. The normalized spacial score (nSPS) is 9.92. The zero-order chi connectivity index (χ0) is 9.14. The smallest absolute Gasteiger partial charge is 0.150 e. The van der Waals surface area contributed by atoms with Crippen LogP contribution in [-0.2, 0) is 6.61 Å². The first-order chi connectivity index (χ1) is 5.69. The van der Waals surface area contributed by atoms with Crippen molar-refractivity contribution in [3.8, 4) is 0 Å². The van der Waals surface area contributed by atoms with Gasteiger partial charge in [-0.1, -0.05) is 6.07 Å². The summed E-state index contributed by atoms with van der Waals surface area (Å²) in [5.41, 5.74) is 3.47. The van der Waals surface area contributed by atoms with E-state index in [9.17, 15) is 4.79 Å². The molecule has 0 aliphatic rings. The van der Waals surface area contributed by atoms with Crippen LogP contribution in [0.3, 0.4) is 0 Å². The Balaban J connectivity index is 3.28. The second kappa shape index (κ2) is 3.50. The van der Waals surface area contributed by atoms with Crippen LogP contribution in [0.4, 0.5) is 0 Å². The molecule has 0 fully saturated rings. The maximum Gasteiger partial charge on any atom is 0.150 e. The summed E-state index contributed by atoms with van der Waals surface area (Å²) in [4.78, 5) is 10.5. The summed E-state index contributed by atoms with van der Waals surface area (Å²) in [5.74, 6) is 0. The van der Waals surface area contributed by atoms with E-state index in [1.807, 2.05) is 19.9 Å². The Labute approximate surface area is 71.8 Å². The van der Waals surface area contributed by atoms with Gasteiger partial charge in [0, 0.05) is 5.56 Å². The first kappa shape index (κ1) is 8.94. The third kappa shape index (κ3) is 1.53. The highest BCUT2D eigenvalue weighted by atomic mass is 16.3. The van der Waals surface area contributed by atoms with Crippen molar-refractivity contribution in [3.63, 3.8) is 0 Å². The van der Waals surface area contributed by atoms with Gasteiger partial charge in [0.1, 0.15) is 6.29 Å². The maximum absolute atomic E-state index is 10.5. The van der Waals surface area contributed by atoms with E-state index in [1.54, 1.807) is 6.07 Å². The second-order valence-electron chi connectivity index (χ2n) is 2.91. The second-order valence-corrected chi connectivity index (χ2v) is 2.91. The summed E-state index contributed by atoms with van der Waals surface area (Å²) in [6, 6.07) is 3.65. The molecule has 0 saturated heterocycles. The topological polar surface area (TPSA) is 37.3 Å². The fraction of sp³-hybridized carbons (Fsp3) is 0.300. The quantitative estimate of drug-likeness (QED) is 0.674. The molecule has 2 nitrogen and oxygen atoms in total. The molecular weight excluding hydrogens is 152 g/mol. The van der Waals surface area contributed by atoms with Crippen molar-refractivity contribution in [1.82, 2.24) is 0 Å². The minimum Gasteiger partial charge on any atom is -0.392 e. The summed E-state index contributed by atoms with van der Waals surface area (Å²) in [6.45, 7) is 3.84. The van der Waals surface area contributed by atoms with E-state index in [2.05, 4.69) is 0 Å². The molecule has 0 aliphatic carbocycles. The van der Waals surface area contributed by atoms with Gasteiger partial charge < -0.3 is 5.11 Å². The number of aryl methyl sites for hydroxylation is 2. The number of aldehydes is 1. The SMILES string of the molecule is Cc1cc(C=O)c(CO)cc1C. The van der Waals surface area contributed by atoms with Gasteiger partial charge in [-0.25, -0.2) is 0 Å². The standard InChI is InChI=1S/C10H12O2/c1-7-3-9(5-11)10(6-12)4-8(7)2/h3-5,12H,6H2,1-2H3. The average molecular weight is 164 g/mol. The number of hydrogen-bond acceptors (Lipinski definition) is 2. The van der Waals surface area contributed by atoms with Crippen LogP contribution in [0, 0.1) is 13.8 Å². The molecule has 64 valence electrons. The molecule has 12 heavy (non-hydrogen) atoms. The lowest BCUT2D eigenvalue weighted by molar-refractivity contribution is 0.112.